The SMILES string of the molecule is COC1=CCC2C(=C1)C=CC1=C2N(C2=CCC(OCCN3CCCCC3)CC2)Cc2cc(OC)ccc21. The lowest BCUT2D eigenvalue weighted by atomic mass is 9.77. The monoisotopic (exact) mass is 500 g/mol. The van der Waals surface area contributed by atoms with Crippen LogP contribution in [-0.2, 0) is 16.0 Å². The van der Waals surface area contributed by atoms with Crippen LogP contribution in [0.1, 0.15) is 56.1 Å². The Morgan fingerprint density at radius 1 is 0.973 bits per heavy atom. The molecule has 0 radical (unpaired) electrons. The first kappa shape index (κ1) is 24.6. The highest BCUT2D eigenvalue weighted by atomic mass is 16.5. The molecule has 1 aromatic rings. The minimum atomic E-state index is 0.336. The molecular weight excluding hydrogens is 460 g/mol. The maximum Gasteiger partial charge on any atom is 0.119 e. The summed E-state index contributed by atoms with van der Waals surface area (Å²) in [5.74, 6) is 2.25. The van der Waals surface area contributed by atoms with Gasteiger partial charge in [0.15, 0.2) is 0 Å². The number of piperidine rings is 1. The third kappa shape index (κ3) is 5.04. The molecule has 0 N–H and O–H groups in total. The molecule has 2 atom stereocenters. The van der Waals surface area contributed by atoms with Crippen molar-refractivity contribution in [3.63, 3.8) is 0 Å². The van der Waals surface area contributed by atoms with Crippen LogP contribution in [0.3, 0.4) is 0 Å². The molecular formula is C32H40N2O3. The first-order valence-electron chi connectivity index (χ1n) is 14.1. The number of nitrogens with zero attached hydrogens (tertiary/aromatic N) is 2. The van der Waals surface area contributed by atoms with Crippen LogP contribution in [-0.4, -0.2) is 56.4 Å². The lowest BCUT2D eigenvalue weighted by Crippen LogP contribution is -2.35. The van der Waals surface area contributed by atoms with E-state index in [1.165, 1.54) is 66.0 Å². The molecule has 0 spiro atoms. The van der Waals surface area contributed by atoms with Crippen molar-refractivity contribution in [3.8, 4) is 5.75 Å². The van der Waals surface area contributed by atoms with Crippen LogP contribution in [0.5, 0.6) is 5.75 Å². The van der Waals surface area contributed by atoms with Crippen molar-refractivity contribution < 1.29 is 14.2 Å². The van der Waals surface area contributed by atoms with Gasteiger partial charge in [-0.25, -0.2) is 0 Å². The maximum atomic E-state index is 6.35. The number of hydrogen-bond acceptors (Lipinski definition) is 5. The number of methoxy groups -OCH3 is 2. The Balaban J connectivity index is 1.22. The molecule has 5 aliphatic rings. The molecule has 0 aromatic heterocycles. The van der Waals surface area contributed by atoms with Gasteiger partial charge in [0.25, 0.3) is 0 Å². The van der Waals surface area contributed by atoms with Crippen molar-refractivity contribution in [1.82, 2.24) is 9.80 Å². The van der Waals surface area contributed by atoms with Crippen LogP contribution in [0, 0.1) is 5.92 Å². The van der Waals surface area contributed by atoms with E-state index in [9.17, 15) is 0 Å². The van der Waals surface area contributed by atoms with E-state index in [4.69, 9.17) is 14.2 Å². The number of allylic oxidation sites excluding steroid dienone is 7. The van der Waals surface area contributed by atoms with Crippen molar-refractivity contribution in [1.29, 1.82) is 0 Å². The Bertz CT molecular complexity index is 1170. The molecule has 1 aromatic carbocycles. The Morgan fingerprint density at radius 3 is 2.65 bits per heavy atom. The lowest BCUT2D eigenvalue weighted by molar-refractivity contribution is 0.0272. The fourth-order valence-corrected chi connectivity index (χ4v) is 6.61. The van der Waals surface area contributed by atoms with Crippen molar-refractivity contribution in [2.45, 2.75) is 57.6 Å². The summed E-state index contributed by atoms with van der Waals surface area (Å²) >= 11 is 0. The zero-order valence-corrected chi connectivity index (χ0v) is 22.4. The second-order valence-corrected chi connectivity index (χ2v) is 10.8. The van der Waals surface area contributed by atoms with Crippen molar-refractivity contribution >= 4 is 5.57 Å². The molecule has 196 valence electrons. The van der Waals surface area contributed by atoms with Crippen LogP contribution in [0.15, 0.2) is 71.3 Å². The summed E-state index contributed by atoms with van der Waals surface area (Å²) in [6, 6.07) is 6.54. The third-order valence-electron chi connectivity index (χ3n) is 8.67. The van der Waals surface area contributed by atoms with Gasteiger partial charge in [-0.3, -0.25) is 0 Å². The van der Waals surface area contributed by atoms with E-state index >= 15 is 0 Å². The third-order valence-corrected chi connectivity index (χ3v) is 8.67. The van der Waals surface area contributed by atoms with Crippen LogP contribution in [0.2, 0.25) is 0 Å². The van der Waals surface area contributed by atoms with Gasteiger partial charge < -0.3 is 24.0 Å². The van der Waals surface area contributed by atoms with Crippen LogP contribution in [0.25, 0.3) is 5.57 Å². The minimum Gasteiger partial charge on any atom is -0.497 e. The Morgan fingerprint density at radius 2 is 1.86 bits per heavy atom. The van der Waals surface area contributed by atoms with Gasteiger partial charge in [0, 0.05) is 36.0 Å². The van der Waals surface area contributed by atoms with Crippen molar-refractivity contribution in [2.75, 3.05) is 40.5 Å². The summed E-state index contributed by atoms with van der Waals surface area (Å²) in [5.41, 5.74) is 8.23. The molecule has 5 nitrogen and oxygen atoms in total. The quantitative estimate of drug-likeness (QED) is 0.445. The summed E-state index contributed by atoms with van der Waals surface area (Å²) in [5, 5.41) is 0. The molecule has 0 amide bonds. The lowest BCUT2D eigenvalue weighted by Gasteiger charge is -2.43. The molecule has 37 heavy (non-hydrogen) atoms. The van der Waals surface area contributed by atoms with Crippen LogP contribution < -0.4 is 4.74 Å². The average molecular weight is 501 g/mol. The number of ether oxygens (including phenoxy) is 3. The summed E-state index contributed by atoms with van der Waals surface area (Å²) in [6.45, 7) is 5.30. The molecule has 1 fully saturated rings. The van der Waals surface area contributed by atoms with Gasteiger partial charge in [0.05, 0.1) is 26.9 Å². The van der Waals surface area contributed by atoms with E-state index in [0.717, 1.165) is 56.9 Å². The van der Waals surface area contributed by atoms with Gasteiger partial charge >= 0.3 is 0 Å². The summed E-state index contributed by atoms with van der Waals surface area (Å²) < 4.78 is 17.5. The van der Waals surface area contributed by atoms with E-state index in [2.05, 4.69) is 58.4 Å². The van der Waals surface area contributed by atoms with Gasteiger partial charge in [0.1, 0.15) is 11.5 Å². The first-order valence-corrected chi connectivity index (χ1v) is 14.1. The fraction of sp³-hybridized carbons (Fsp3) is 0.500. The zero-order valence-electron chi connectivity index (χ0n) is 22.4. The molecule has 2 unspecified atom stereocenters. The summed E-state index contributed by atoms with van der Waals surface area (Å²) in [7, 11) is 3.51. The Kier molecular flexibility index (Phi) is 7.25. The van der Waals surface area contributed by atoms with E-state index < -0.39 is 0 Å². The molecule has 2 heterocycles. The smallest absolute Gasteiger partial charge is 0.119 e. The average Bonchev–Trinajstić information content (AvgIpc) is 2.96. The zero-order chi connectivity index (χ0) is 25.2. The number of likely N-dealkylation sites (tertiary alicyclic amines) is 1. The molecule has 3 aliphatic carbocycles. The highest BCUT2D eigenvalue weighted by Gasteiger charge is 2.36. The molecule has 2 aliphatic heterocycles. The van der Waals surface area contributed by atoms with Gasteiger partial charge in [0.2, 0.25) is 0 Å². The van der Waals surface area contributed by atoms with E-state index in [1.807, 2.05) is 0 Å². The Labute approximate surface area is 221 Å². The first-order chi connectivity index (χ1) is 18.2. The Hall–Kier alpha value is -2.76. The topological polar surface area (TPSA) is 34.2 Å². The molecule has 0 bridgehead atoms. The molecule has 6 rings (SSSR count). The number of benzene rings is 1. The van der Waals surface area contributed by atoms with Gasteiger partial charge in [-0.1, -0.05) is 30.7 Å². The number of rotatable bonds is 7. The number of hydrogen-bond donors (Lipinski definition) is 0. The molecule has 5 heteroatoms. The largest absolute Gasteiger partial charge is 0.497 e. The van der Waals surface area contributed by atoms with Crippen LogP contribution >= 0.6 is 0 Å². The molecule has 1 saturated heterocycles. The molecule has 0 saturated carbocycles. The van der Waals surface area contributed by atoms with Crippen LogP contribution in [0.4, 0.5) is 0 Å². The standard InChI is InChI=1S/C32H40N2O3/c1-35-27-12-15-30-23(20-27)6-13-31-29-14-11-28(36-2)21-24(29)22-34(32(30)31)25-7-9-26(10-8-25)37-19-18-33-16-4-3-5-17-33/h6-7,11-14,20-21,26,30H,3-5,8-10,15-19,22H2,1-2H3. The number of fused-ring (bicyclic) bond motifs is 4. The van der Waals surface area contributed by atoms with Gasteiger partial charge in [-0.05, 0) is 92.6 Å². The van der Waals surface area contributed by atoms with Crippen molar-refractivity contribution in [3.05, 3.63) is 82.4 Å². The second-order valence-electron chi connectivity index (χ2n) is 10.8. The highest BCUT2D eigenvalue weighted by molar-refractivity contribution is 5.83. The maximum absolute atomic E-state index is 6.35. The van der Waals surface area contributed by atoms with E-state index in [0.29, 0.717) is 12.0 Å². The van der Waals surface area contributed by atoms with Gasteiger partial charge in [-0.15, -0.1) is 0 Å². The predicted octanol–water partition coefficient (Wildman–Crippen LogP) is 6.21. The summed E-state index contributed by atoms with van der Waals surface area (Å²) in [4.78, 5) is 5.17. The predicted molar refractivity (Wildman–Crippen MR) is 148 cm³/mol. The fourth-order valence-electron chi connectivity index (χ4n) is 6.61. The normalized spacial score (nSPS) is 25.5. The van der Waals surface area contributed by atoms with Gasteiger partial charge in [-0.2, -0.15) is 0 Å². The van der Waals surface area contributed by atoms with E-state index in [1.54, 1.807) is 14.2 Å². The second kappa shape index (κ2) is 10.9. The highest BCUT2D eigenvalue weighted by Crippen LogP contribution is 2.47. The minimum absolute atomic E-state index is 0.336. The van der Waals surface area contributed by atoms with Crippen molar-refractivity contribution in [2.24, 2.45) is 5.92 Å². The summed E-state index contributed by atoms with van der Waals surface area (Å²) in [6.07, 6.45) is 20.0. The van der Waals surface area contributed by atoms with E-state index in [-0.39, 0.29) is 0 Å².